The molecule has 1 aliphatic carbocycles. The number of aromatic nitrogens is 3. The van der Waals surface area contributed by atoms with E-state index in [9.17, 15) is 13.9 Å². The summed E-state index contributed by atoms with van der Waals surface area (Å²) in [5.74, 6) is 0.378. The summed E-state index contributed by atoms with van der Waals surface area (Å²) in [7, 11) is 0. The predicted octanol–water partition coefficient (Wildman–Crippen LogP) is 3.83. The normalized spacial score (nSPS) is 20.8. The zero-order valence-electron chi connectivity index (χ0n) is 13.7. The lowest BCUT2D eigenvalue weighted by molar-refractivity contribution is 0.122. The van der Waals surface area contributed by atoms with Crippen LogP contribution in [0.5, 0.6) is 0 Å². The molecule has 25 heavy (non-hydrogen) atoms. The monoisotopic (exact) mass is 370 g/mol. The minimum Gasteiger partial charge on any atom is -0.396 e. The van der Waals surface area contributed by atoms with Crippen molar-refractivity contribution in [3.63, 3.8) is 0 Å². The standard InChI is InChI=1S/C17H21ClF2N4O/c18-16-7-15(22-12-3-1-11(10-25)2-4-12)13(8-21-16)14-5-6-24(23-14)9-17(19)20/h5-8,11-12,17,25H,1-4,9-10H2,(H,21,22). The zero-order valence-corrected chi connectivity index (χ0v) is 14.5. The lowest BCUT2D eigenvalue weighted by Crippen LogP contribution is -2.27. The number of alkyl halides is 2. The molecular weight excluding hydrogens is 350 g/mol. The molecule has 5 nitrogen and oxygen atoms in total. The lowest BCUT2D eigenvalue weighted by Gasteiger charge is -2.29. The molecule has 0 aromatic carbocycles. The predicted molar refractivity (Wildman–Crippen MR) is 92.9 cm³/mol. The summed E-state index contributed by atoms with van der Waals surface area (Å²) in [6.07, 6.45) is 4.58. The van der Waals surface area contributed by atoms with Crippen LogP contribution in [0.2, 0.25) is 5.15 Å². The Morgan fingerprint density at radius 1 is 1.32 bits per heavy atom. The molecular formula is C17H21ClF2N4O. The Bertz CT molecular complexity index is 702. The van der Waals surface area contributed by atoms with Gasteiger partial charge in [-0.15, -0.1) is 0 Å². The molecule has 0 saturated heterocycles. The number of halogens is 3. The first kappa shape index (κ1) is 18.1. The highest BCUT2D eigenvalue weighted by molar-refractivity contribution is 6.29. The van der Waals surface area contributed by atoms with Crippen molar-refractivity contribution >= 4 is 17.3 Å². The van der Waals surface area contributed by atoms with E-state index in [0.717, 1.165) is 36.9 Å². The number of hydrogen-bond donors (Lipinski definition) is 2. The van der Waals surface area contributed by atoms with E-state index in [1.165, 1.54) is 10.9 Å². The lowest BCUT2D eigenvalue weighted by atomic mass is 9.86. The summed E-state index contributed by atoms with van der Waals surface area (Å²) in [5.41, 5.74) is 2.12. The molecule has 1 fully saturated rings. The number of hydrogen-bond acceptors (Lipinski definition) is 4. The second kappa shape index (κ2) is 8.10. The van der Waals surface area contributed by atoms with E-state index in [2.05, 4.69) is 15.4 Å². The van der Waals surface area contributed by atoms with Gasteiger partial charge in [0.25, 0.3) is 6.43 Å². The summed E-state index contributed by atoms with van der Waals surface area (Å²) >= 11 is 6.03. The summed E-state index contributed by atoms with van der Waals surface area (Å²) < 4.78 is 26.3. The summed E-state index contributed by atoms with van der Waals surface area (Å²) in [5, 5.41) is 17.3. The highest BCUT2D eigenvalue weighted by Gasteiger charge is 2.22. The van der Waals surface area contributed by atoms with Crippen LogP contribution in [0.4, 0.5) is 14.5 Å². The molecule has 0 radical (unpaired) electrons. The van der Waals surface area contributed by atoms with Crippen molar-refractivity contribution in [3.05, 3.63) is 29.7 Å². The van der Waals surface area contributed by atoms with Gasteiger partial charge in [0.05, 0.1) is 5.69 Å². The summed E-state index contributed by atoms with van der Waals surface area (Å²) in [6, 6.07) is 3.71. The molecule has 0 spiro atoms. The van der Waals surface area contributed by atoms with Gasteiger partial charge in [0.1, 0.15) is 11.7 Å². The van der Waals surface area contributed by atoms with E-state index in [1.807, 2.05) is 0 Å². The van der Waals surface area contributed by atoms with Crippen LogP contribution in [0.15, 0.2) is 24.5 Å². The number of nitrogens with one attached hydrogen (secondary N) is 1. The van der Waals surface area contributed by atoms with Crippen molar-refractivity contribution in [2.45, 2.75) is 44.7 Å². The highest BCUT2D eigenvalue weighted by Crippen LogP contribution is 2.32. The highest BCUT2D eigenvalue weighted by atomic mass is 35.5. The number of rotatable bonds is 6. The van der Waals surface area contributed by atoms with Gasteiger partial charge in [-0.2, -0.15) is 5.10 Å². The maximum Gasteiger partial charge on any atom is 0.257 e. The van der Waals surface area contributed by atoms with E-state index in [1.54, 1.807) is 18.3 Å². The van der Waals surface area contributed by atoms with Gasteiger partial charge in [0.15, 0.2) is 0 Å². The minimum absolute atomic E-state index is 0.237. The molecule has 3 rings (SSSR count). The van der Waals surface area contributed by atoms with Crippen LogP contribution in [0.25, 0.3) is 11.3 Å². The van der Waals surface area contributed by atoms with E-state index < -0.39 is 13.0 Å². The Morgan fingerprint density at radius 3 is 2.76 bits per heavy atom. The van der Waals surface area contributed by atoms with Crippen molar-refractivity contribution in [3.8, 4) is 11.3 Å². The van der Waals surface area contributed by atoms with Crippen LogP contribution in [0.3, 0.4) is 0 Å². The first-order valence-corrected chi connectivity index (χ1v) is 8.78. The minimum atomic E-state index is -2.45. The van der Waals surface area contributed by atoms with Gasteiger partial charge in [0.2, 0.25) is 0 Å². The Morgan fingerprint density at radius 2 is 2.08 bits per heavy atom. The zero-order chi connectivity index (χ0) is 17.8. The molecule has 0 unspecified atom stereocenters. The number of aliphatic hydroxyl groups is 1. The van der Waals surface area contributed by atoms with Gasteiger partial charge in [-0.1, -0.05) is 11.6 Å². The summed E-state index contributed by atoms with van der Waals surface area (Å²) in [6.45, 7) is -0.199. The van der Waals surface area contributed by atoms with E-state index >= 15 is 0 Å². The SMILES string of the molecule is OCC1CCC(Nc2cc(Cl)ncc2-c2ccn(CC(F)F)n2)CC1. The molecule has 1 aliphatic rings. The molecule has 2 heterocycles. The van der Waals surface area contributed by atoms with Crippen molar-refractivity contribution in [1.29, 1.82) is 0 Å². The fourth-order valence-electron chi connectivity index (χ4n) is 3.21. The molecule has 8 heteroatoms. The second-order valence-electron chi connectivity index (χ2n) is 6.41. The molecule has 0 amide bonds. The average molecular weight is 371 g/mol. The van der Waals surface area contributed by atoms with Crippen molar-refractivity contribution < 1.29 is 13.9 Å². The van der Waals surface area contributed by atoms with Crippen LogP contribution >= 0.6 is 11.6 Å². The molecule has 136 valence electrons. The summed E-state index contributed by atoms with van der Waals surface area (Å²) in [4.78, 5) is 4.10. The fraction of sp³-hybridized carbons (Fsp3) is 0.529. The molecule has 2 N–H and O–H groups in total. The Hall–Kier alpha value is -1.73. The van der Waals surface area contributed by atoms with Crippen LogP contribution in [-0.2, 0) is 6.54 Å². The quantitative estimate of drug-likeness (QED) is 0.759. The molecule has 0 atom stereocenters. The van der Waals surface area contributed by atoms with Gasteiger partial charge < -0.3 is 10.4 Å². The van der Waals surface area contributed by atoms with Gasteiger partial charge in [-0.25, -0.2) is 13.8 Å². The molecule has 0 bridgehead atoms. The largest absolute Gasteiger partial charge is 0.396 e. The number of nitrogens with zero attached hydrogens (tertiary/aromatic N) is 3. The van der Waals surface area contributed by atoms with Crippen LogP contribution < -0.4 is 5.32 Å². The smallest absolute Gasteiger partial charge is 0.257 e. The van der Waals surface area contributed by atoms with Crippen LogP contribution in [-0.4, -0.2) is 38.9 Å². The van der Waals surface area contributed by atoms with Crippen LogP contribution in [0.1, 0.15) is 25.7 Å². The third-order valence-corrected chi connectivity index (χ3v) is 4.78. The van der Waals surface area contributed by atoms with E-state index in [4.69, 9.17) is 11.6 Å². The van der Waals surface area contributed by atoms with Crippen molar-refractivity contribution in [2.75, 3.05) is 11.9 Å². The average Bonchev–Trinajstić information content (AvgIpc) is 3.03. The Labute approximate surface area is 150 Å². The first-order chi connectivity index (χ1) is 12.0. The Balaban J connectivity index is 1.77. The topological polar surface area (TPSA) is 63.0 Å². The first-order valence-electron chi connectivity index (χ1n) is 8.40. The third-order valence-electron chi connectivity index (χ3n) is 4.58. The van der Waals surface area contributed by atoms with Gasteiger partial charge >= 0.3 is 0 Å². The van der Waals surface area contributed by atoms with E-state index in [0.29, 0.717) is 16.8 Å². The van der Waals surface area contributed by atoms with Gasteiger partial charge in [-0.3, -0.25) is 4.68 Å². The fourth-order valence-corrected chi connectivity index (χ4v) is 3.37. The van der Waals surface area contributed by atoms with Crippen molar-refractivity contribution in [2.24, 2.45) is 5.92 Å². The number of anilines is 1. The number of pyridine rings is 1. The maximum absolute atomic E-state index is 12.5. The second-order valence-corrected chi connectivity index (χ2v) is 6.80. The molecule has 2 aromatic rings. The maximum atomic E-state index is 12.5. The third kappa shape index (κ3) is 4.67. The van der Waals surface area contributed by atoms with Crippen LogP contribution in [0, 0.1) is 5.92 Å². The molecule has 1 saturated carbocycles. The molecule has 0 aliphatic heterocycles. The van der Waals surface area contributed by atoms with E-state index in [-0.39, 0.29) is 12.6 Å². The van der Waals surface area contributed by atoms with Gasteiger partial charge in [0, 0.05) is 36.3 Å². The van der Waals surface area contributed by atoms with Gasteiger partial charge in [-0.05, 0) is 43.7 Å². The number of aliphatic hydroxyl groups excluding tert-OH is 1. The van der Waals surface area contributed by atoms with Crippen molar-refractivity contribution in [1.82, 2.24) is 14.8 Å². The molecule has 2 aromatic heterocycles. The Kier molecular flexibility index (Phi) is 5.86.